The molecule has 0 unspecified atom stereocenters. The van der Waals surface area contributed by atoms with E-state index >= 15 is 0 Å². The summed E-state index contributed by atoms with van der Waals surface area (Å²) in [5.74, 6) is 1.27. The first kappa shape index (κ1) is 17.7. The SMILES string of the molecule is Cc1cc(OC(C)C)nc(NCCN(C(C)C)C(C)C)n1. The lowest BCUT2D eigenvalue weighted by atomic mass is 10.2. The highest BCUT2D eigenvalue weighted by atomic mass is 16.5. The summed E-state index contributed by atoms with van der Waals surface area (Å²) in [5, 5.41) is 3.30. The van der Waals surface area contributed by atoms with Crippen molar-refractivity contribution in [2.75, 3.05) is 18.4 Å². The van der Waals surface area contributed by atoms with Gasteiger partial charge in [-0.3, -0.25) is 4.90 Å². The molecule has 21 heavy (non-hydrogen) atoms. The average molecular weight is 294 g/mol. The second-order valence-electron chi connectivity index (χ2n) is 6.19. The molecule has 0 bridgehead atoms. The number of nitrogens with one attached hydrogen (secondary N) is 1. The maximum absolute atomic E-state index is 5.64. The van der Waals surface area contributed by atoms with E-state index < -0.39 is 0 Å². The van der Waals surface area contributed by atoms with Gasteiger partial charge in [0, 0.05) is 36.9 Å². The van der Waals surface area contributed by atoms with Crippen molar-refractivity contribution in [3.05, 3.63) is 11.8 Å². The summed E-state index contributed by atoms with van der Waals surface area (Å²) in [6, 6.07) is 2.93. The molecule has 0 amide bonds. The van der Waals surface area contributed by atoms with E-state index in [1.54, 1.807) is 0 Å². The maximum Gasteiger partial charge on any atom is 0.226 e. The zero-order chi connectivity index (χ0) is 16.0. The van der Waals surface area contributed by atoms with Gasteiger partial charge in [0.05, 0.1) is 6.10 Å². The lowest BCUT2D eigenvalue weighted by molar-refractivity contribution is 0.182. The molecule has 0 saturated carbocycles. The van der Waals surface area contributed by atoms with Crippen molar-refractivity contribution in [1.29, 1.82) is 0 Å². The van der Waals surface area contributed by atoms with Gasteiger partial charge in [-0.1, -0.05) is 0 Å². The number of aromatic nitrogens is 2. The third-order valence-corrected chi connectivity index (χ3v) is 3.17. The van der Waals surface area contributed by atoms with Crippen molar-refractivity contribution in [3.63, 3.8) is 0 Å². The monoisotopic (exact) mass is 294 g/mol. The minimum atomic E-state index is 0.115. The van der Waals surface area contributed by atoms with Crippen LogP contribution in [0.1, 0.15) is 47.2 Å². The molecule has 1 aromatic heterocycles. The van der Waals surface area contributed by atoms with Gasteiger partial charge in [-0.2, -0.15) is 4.98 Å². The Labute approximate surface area is 129 Å². The molecule has 0 fully saturated rings. The van der Waals surface area contributed by atoms with E-state index in [0.29, 0.717) is 23.9 Å². The summed E-state index contributed by atoms with van der Waals surface area (Å²) in [6.45, 7) is 16.6. The first-order chi connectivity index (χ1) is 9.79. The topological polar surface area (TPSA) is 50.3 Å². The van der Waals surface area contributed by atoms with Gasteiger partial charge in [0.1, 0.15) is 0 Å². The van der Waals surface area contributed by atoms with Gasteiger partial charge in [0.2, 0.25) is 11.8 Å². The molecule has 0 atom stereocenters. The van der Waals surface area contributed by atoms with Crippen molar-refractivity contribution in [3.8, 4) is 5.88 Å². The zero-order valence-corrected chi connectivity index (χ0v) is 14.5. The molecule has 1 aromatic rings. The van der Waals surface area contributed by atoms with Gasteiger partial charge < -0.3 is 10.1 Å². The van der Waals surface area contributed by atoms with Gasteiger partial charge in [-0.25, -0.2) is 4.98 Å². The van der Waals surface area contributed by atoms with E-state index in [0.717, 1.165) is 18.8 Å². The third kappa shape index (κ3) is 6.29. The maximum atomic E-state index is 5.64. The molecule has 0 aliphatic rings. The van der Waals surface area contributed by atoms with Crippen molar-refractivity contribution in [2.24, 2.45) is 0 Å². The summed E-state index contributed by atoms with van der Waals surface area (Å²) >= 11 is 0. The predicted octanol–water partition coefficient (Wildman–Crippen LogP) is 3.10. The van der Waals surface area contributed by atoms with Crippen molar-refractivity contribution >= 4 is 5.95 Å². The van der Waals surface area contributed by atoms with Gasteiger partial charge in [0.15, 0.2) is 0 Å². The van der Waals surface area contributed by atoms with E-state index in [1.165, 1.54) is 0 Å². The normalized spacial score (nSPS) is 11.8. The number of ether oxygens (including phenoxy) is 1. The molecule has 5 heteroatoms. The number of aryl methyl sites for hydroxylation is 1. The molecule has 120 valence electrons. The van der Waals surface area contributed by atoms with Crippen LogP contribution < -0.4 is 10.1 Å². The lowest BCUT2D eigenvalue weighted by Gasteiger charge is -2.30. The Bertz CT molecular complexity index is 424. The smallest absolute Gasteiger partial charge is 0.226 e. The van der Waals surface area contributed by atoms with Crippen LogP contribution in [0.2, 0.25) is 0 Å². The molecule has 1 rings (SSSR count). The van der Waals surface area contributed by atoms with Crippen LogP contribution >= 0.6 is 0 Å². The Morgan fingerprint density at radius 2 is 1.71 bits per heavy atom. The van der Waals surface area contributed by atoms with Crippen LogP contribution in [-0.2, 0) is 0 Å². The van der Waals surface area contributed by atoms with E-state index in [9.17, 15) is 0 Å². The largest absolute Gasteiger partial charge is 0.475 e. The minimum Gasteiger partial charge on any atom is -0.475 e. The van der Waals surface area contributed by atoms with Crippen LogP contribution in [-0.4, -0.2) is 46.1 Å². The van der Waals surface area contributed by atoms with Crippen LogP contribution in [0.4, 0.5) is 5.95 Å². The van der Waals surface area contributed by atoms with Gasteiger partial charge in [-0.15, -0.1) is 0 Å². The molecule has 1 heterocycles. The van der Waals surface area contributed by atoms with Crippen LogP contribution in [0.3, 0.4) is 0 Å². The minimum absolute atomic E-state index is 0.115. The molecule has 0 spiro atoms. The summed E-state index contributed by atoms with van der Waals surface area (Å²) in [4.78, 5) is 11.2. The quantitative estimate of drug-likeness (QED) is 0.798. The number of nitrogens with zero attached hydrogens (tertiary/aromatic N) is 3. The molecule has 0 aliphatic heterocycles. The zero-order valence-electron chi connectivity index (χ0n) is 14.5. The summed E-state index contributed by atoms with van der Waals surface area (Å²) in [7, 11) is 0. The second kappa shape index (κ2) is 8.17. The fraction of sp³-hybridized carbons (Fsp3) is 0.750. The number of rotatable bonds is 8. The molecule has 0 aliphatic carbocycles. The number of hydrogen-bond acceptors (Lipinski definition) is 5. The first-order valence-electron chi connectivity index (χ1n) is 7.81. The Morgan fingerprint density at radius 1 is 1.10 bits per heavy atom. The fourth-order valence-electron chi connectivity index (χ4n) is 2.33. The van der Waals surface area contributed by atoms with Crippen LogP contribution in [0, 0.1) is 6.92 Å². The molecular formula is C16H30N4O. The summed E-state index contributed by atoms with van der Waals surface area (Å²) < 4.78 is 5.64. The number of hydrogen-bond donors (Lipinski definition) is 1. The highest BCUT2D eigenvalue weighted by molar-refractivity contribution is 5.30. The Balaban J connectivity index is 2.60. The molecule has 0 aromatic carbocycles. The molecule has 0 saturated heterocycles. The summed E-state index contributed by atoms with van der Waals surface area (Å²) in [5.41, 5.74) is 0.910. The van der Waals surface area contributed by atoms with Gasteiger partial charge in [-0.05, 0) is 48.5 Å². The van der Waals surface area contributed by atoms with Crippen molar-refractivity contribution in [2.45, 2.75) is 66.7 Å². The van der Waals surface area contributed by atoms with Crippen LogP contribution in [0.5, 0.6) is 5.88 Å². The molecule has 1 N–H and O–H groups in total. The molecule has 0 radical (unpaired) electrons. The number of anilines is 1. The van der Waals surface area contributed by atoms with Crippen molar-refractivity contribution < 1.29 is 4.74 Å². The highest BCUT2D eigenvalue weighted by Gasteiger charge is 2.13. The first-order valence-corrected chi connectivity index (χ1v) is 7.81. The standard InChI is InChI=1S/C16H30N4O/c1-11(2)20(12(3)4)9-8-17-16-18-14(7)10-15(19-16)21-13(5)6/h10-13H,8-9H2,1-7H3,(H,17,18,19). The fourth-order valence-corrected chi connectivity index (χ4v) is 2.33. The van der Waals surface area contributed by atoms with Gasteiger partial charge in [0.25, 0.3) is 0 Å². The Kier molecular flexibility index (Phi) is 6.89. The van der Waals surface area contributed by atoms with Crippen LogP contribution in [0.25, 0.3) is 0 Å². The summed E-state index contributed by atoms with van der Waals surface area (Å²) in [6.07, 6.45) is 0.115. The highest BCUT2D eigenvalue weighted by Crippen LogP contribution is 2.13. The average Bonchev–Trinajstić information content (AvgIpc) is 2.31. The van der Waals surface area contributed by atoms with E-state index in [1.807, 2.05) is 26.8 Å². The third-order valence-electron chi connectivity index (χ3n) is 3.17. The second-order valence-corrected chi connectivity index (χ2v) is 6.19. The van der Waals surface area contributed by atoms with E-state index in [-0.39, 0.29) is 6.10 Å². The van der Waals surface area contributed by atoms with E-state index in [4.69, 9.17) is 4.74 Å². The Morgan fingerprint density at radius 3 is 2.24 bits per heavy atom. The lowest BCUT2D eigenvalue weighted by Crippen LogP contribution is -2.40. The van der Waals surface area contributed by atoms with E-state index in [2.05, 4.69) is 47.9 Å². The van der Waals surface area contributed by atoms with Gasteiger partial charge >= 0.3 is 0 Å². The predicted molar refractivity (Wildman–Crippen MR) is 88.0 cm³/mol. The molecular weight excluding hydrogens is 264 g/mol. The molecule has 5 nitrogen and oxygen atoms in total. The Hall–Kier alpha value is -1.36. The van der Waals surface area contributed by atoms with Crippen molar-refractivity contribution in [1.82, 2.24) is 14.9 Å². The van der Waals surface area contributed by atoms with Crippen LogP contribution in [0.15, 0.2) is 6.07 Å².